The van der Waals surface area contributed by atoms with Crippen LogP contribution in [0.5, 0.6) is 0 Å². The van der Waals surface area contributed by atoms with E-state index in [1.54, 1.807) is 30.3 Å². The van der Waals surface area contributed by atoms with Gasteiger partial charge in [-0.25, -0.2) is 0 Å². The van der Waals surface area contributed by atoms with Crippen LogP contribution in [0.25, 0.3) is 6.08 Å². The van der Waals surface area contributed by atoms with E-state index in [9.17, 15) is 8.42 Å². The fourth-order valence-corrected chi connectivity index (χ4v) is 4.16. The number of rotatable bonds is 4. The molecule has 0 amide bonds. The van der Waals surface area contributed by atoms with Gasteiger partial charge in [-0.15, -0.1) is 0 Å². The summed E-state index contributed by atoms with van der Waals surface area (Å²) >= 11 is 0. The van der Waals surface area contributed by atoms with E-state index >= 15 is 0 Å². The first-order valence-electron chi connectivity index (χ1n) is 7.88. The van der Waals surface area contributed by atoms with E-state index in [2.05, 4.69) is 27.4 Å². The fraction of sp³-hybridized carbons (Fsp3) is 0.556. The number of benzene rings is 1. The van der Waals surface area contributed by atoms with Gasteiger partial charge in [0, 0.05) is 0 Å². The molecule has 0 bridgehead atoms. The standard InChI is InChI=1S/C18H26O3S/c1-5-14-6-12-17(13-7-14)22(19,20)21-16-10-8-15(9-11-16)18(2,3)4/h5-7,12-13,15-16H,1,8-11H2,2-4H3. The van der Waals surface area contributed by atoms with Gasteiger partial charge in [-0.05, 0) is 54.7 Å². The third kappa shape index (κ3) is 4.20. The van der Waals surface area contributed by atoms with E-state index in [-0.39, 0.29) is 16.4 Å². The second-order valence-corrected chi connectivity index (χ2v) is 8.74. The Kier molecular flexibility index (Phi) is 5.13. The molecule has 1 saturated carbocycles. The third-order valence-electron chi connectivity index (χ3n) is 4.57. The molecule has 1 aliphatic carbocycles. The van der Waals surface area contributed by atoms with E-state index in [1.807, 2.05) is 0 Å². The van der Waals surface area contributed by atoms with Gasteiger partial charge in [0.15, 0.2) is 0 Å². The zero-order valence-corrected chi connectivity index (χ0v) is 14.5. The first-order valence-corrected chi connectivity index (χ1v) is 9.29. The summed E-state index contributed by atoms with van der Waals surface area (Å²) < 4.78 is 30.1. The smallest absolute Gasteiger partial charge is 0.263 e. The molecule has 0 saturated heterocycles. The average Bonchev–Trinajstić information content (AvgIpc) is 2.46. The van der Waals surface area contributed by atoms with E-state index in [0.717, 1.165) is 31.2 Å². The molecule has 3 nitrogen and oxygen atoms in total. The number of hydrogen-bond acceptors (Lipinski definition) is 3. The number of hydrogen-bond donors (Lipinski definition) is 0. The summed E-state index contributed by atoms with van der Waals surface area (Å²) in [5.74, 6) is 0.641. The molecule has 0 aliphatic heterocycles. The first-order chi connectivity index (χ1) is 10.2. The Bertz CT molecular complexity index is 601. The molecule has 1 aromatic rings. The highest BCUT2D eigenvalue weighted by Gasteiger charge is 2.32. The molecular weight excluding hydrogens is 296 g/mol. The van der Waals surface area contributed by atoms with Gasteiger partial charge < -0.3 is 0 Å². The van der Waals surface area contributed by atoms with Gasteiger partial charge in [-0.1, -0.05) is 45.6 Å². The van der Waals surface area contributed by atoms with Crippen LogP contribution in [0.4, 0.5) is 0 Å². The van der Waals surface area contributed by atoms with Gasteiger partial charge in [0.2, 0.25) is 0 Å². The maximum absolute atomic E-state index is 12.3. The summed E-state index contributed by atoms with van der Waals surface area (Å²) in [7, 11) is -3.67. The molecule has 0 heterocycles. The molecule has 4 heteroatoms. The van der Waals surface area contributed by atoms with Crippen LogP contribution in [-0.4, -0.2) is 14.5 Å². The van der Waals surface area contributed by atoms with Gasteiger partial charge >= 0.3 is 0 Å². The van der Waals surface area contributed by atoms with Crippen molar-refractivity contribution in [2.24, 2.45) is 11.3 Å². The SMILES string of the molecule is C=Cc1ccc(S(=O)(=O)OC2CCC(C(C)(C)C)CC2)cc1. The summed E-state index contributed by atoms with van der Waals surface area (Å²) in [6, 6.07) is 6.62. The van der Waals surface area contributed by atoms with E-state index in [1.165, 1.54) is 0 Å². The van der Waals surface area contributed by atoms with Crippen molar-refractivity contribution >= 4 is 16.2 Å². The lowest BCUT2D eigenvalue weighted by Gasteiger charge is -2.36. The van der Waals surface area contributed by atoms with Crippen LogP contribution in [0.2, 0.25) is 0 Å². The molecule has 2 rings (SSSR count). The van der Waals surface area contributed by atoms with Gasteiger partial charge in [-0.2, -0.15) is 8.42 Å². The van der Waals surface area contributed by atoms with Crippen LogP contribution in [-0.2, 0) is 14.3 Å². The maximum Gasteiger partial charge on any atom is 0.297 e. The minimum Gasteiger partial charge on any atom is -0.263 e. The molecule has 0 unspecified atom stereocenters. The van der Waals surface area contributed by atoms with Crippen LogP contribution in [0.1, 0.15) is 52.0 Å². The molecule has 0 aromatic heterocycles. The minimum atomic E-state index is -3.67. The summed E-state index contributed by atoms with van der Waals surface area (Å²) in [6.07, 6.45) is 5.17. The van der Waals surface area contributed by atoms with Crippen molar-refractivity contribution in [2.75, 3.05) is 0 Å². The van der Waals surface area contributed by atoms with Crippen molar-refractivity contribution < 1.29 is 12.6 Å². The largest absolute Gasteiger partial charge is 0.297 e. The van der Waals surface area contributed by atoms with Crippen molar-refractivity contribution in [3.63, 3.8) is 0 Å². The molecule has 0 atom stereocenters. The van der Waals surface area contributed by atoms with Crippen LogP contribution < -0.4 is 0 Å². The molecular formula is C18H26O3S. The van der Waals surface area contributed by atoms with E-state index < -0.39 is 10.1 Å². The Morgan fingerprint density at radius 3 is 2.09 bits per heavy atom. The molecule has 1 fully saturated rings. The van der Waals surface area contributed by atoms with Crippen LogP contribution in [0, 0.1) is 11.3 Å². The monoisotopic (exact) mass is 322 g/mol. The highest BCUT2D eigenvalue weighted by Crippen LogP contribution is 2.39. The molecule has 0 spiro atoms. The van der Waals surface area contributed by atoms with Gasteiger partial charge in [0.1, 0.15) is 0 Å². The topological polar surface area (TPSA) is 43.4 Å². The highest BCUT2D eigenvalue weighted by molar-refractivity contribution is 7.86. The first kappa shape index (κ1) is 17.2. The predicted octanol–water partition coefficient (Wildman–Crippen LogP) is 4.64. The minimum absolute atomic E-state index is 0.192. The Balaban J connectivity index is 1.99. The Morgan fingerprint density at radius 1 is 1.09 bits per heavy atom. The van der Waals surface area contributed by atoms with Gasteiger partial charge in [-0.3, -0.25) is 4.18 Å². The second kappa shape index (κ2) is 6.55. The van der Waals surface area contributed by atoms with Crippen LogP contribution in [0.3, 0.4) is 0 Å². The molecule has 122 valence electrons. The predicted molar refractivity (Wildman–Crippen MR) is 90.0 cm³/mol. The van der Waals surface area contributed by atoms with Gasteiger partial charge in [0.05, 0.1) is 11.0 Å². The zero-order chi connectivity index (χ0) is 16.4. The summed E-state index contributed by atoms with van der Waals surface area (Å²) in [5, 5.41) is 0. The van der Waals surface area contributed by atoms with Crippen molar-refractivity contribution in [3.8, 4) is 0 Å². The van der Waals surface area contributed by atoms with E-state index in [0.29, 0.717) is 5.92 Å². The highest BCUT2D eigenvalue weighted by atomic mass is 32.2. The molecule has 1 aromatic carbocycles. The third-order valence-corrected chi connectivity index (χ3v) is 5.94. The Hall–Kier alpha value is -1.13. The van der Waals surface area contributed by atoms with Crippen molar-refractivity contribution in [3.05, 3.63) is 36.4 Å². The Labute approximate surface area is 134 Å². The lowest BCUT2D eigenvalue weighted by atomic mass is 9.72. The summed E-state index contributed by atoms with van der Waals surface area (Å²) in [6.45, 7) is 10.4. The maximum atomic E-state index is 12.3. The van der Waals surface area contributed by atoms with Gasteiger partial charge in [0.25, 0.3) is 10.1 Å². The van der Waals surface area contributed by atoms with Crippen LogP contribution in [0.15, 0.2) is 35.7 Å². The van der Waals surface area contributed by atoms with Crippen LogP contribution >= 0.6 is 0 Å². The average molecular weight is 322 g/mol. The fourth-order valence-electron chi connectivity index (χ4n) is 3.03. The summed E-state index contributed by atoms with van der Waals surface area (Å²) in [4.78, 5) is 0.219. The Morgan fingerprint density at radius 2 is 1.64 bits per heavy atom. The molecule has 1 aliphatic rings. The van der Waals surface area contributed by atoms with Crippen molar-refractivity contribution in [1.29, 1.82) is 0 Å². The molecule has 22 heavy (non-hydrogen) atoms. The summed E-state index contributed by atoms with van der Waals surface area (Å²) in [5.41, 5.74) is 1.18. The lowest BCUT2D eigenvalue weighted by Crippen LogP contribution is -2.30. The normalized spacial score (nSPS) is 23.2. The van der Waals surface area contributed by atoms with Crippen molar-refractivity contribution in [2.45, 2.75) is 57.5 Å². The zero-order valence-electron chi connectivity index (χ0n) is 13.7. The lowest BCUT2D eigenvalue weighted by molar-refractivity contribution is 0.0924. The molecule has 0 radical (unpaired) electrons. The quantitative estimate of drug-likeness (QED) is 0.758. The second-order valence-electron chi connectivity index (χ2n) is 7.16. The van der Waals surface area contributed by atoms with E-state index in [4.69, 9.17) is 4.18 Å². The molecule has 0 N–H and O–H groups in total. The van der Waals surface area contributed by atoms with Crippen molar-refractivity contribution in [1.82, 2.24) is 0 Å².